The first-order valence-electron chi connectivity index (χ1n) is 7.09. The van der Waals surface area contributed by atoms with Crippen molar-refractivity contribution in [3.8, 4) is 0 Å². The van der Waals surface area contributed by atoms with E-state index in [0.29, 0.717) is 19.6 Å². The van der Waals surface area contributed by atoms with Crippen LogP contribution in [0, 0.1) is 18.6 Å². The van der Waals surface area contributed by atoms with E-state index in [2.05, 4.69) is 10.6 Å². The largest absolute Gasteiger partial charge is 0.358 e. The number of halogens is 2. The van der Waals surface area contributed by atoms with E-state index < -0.39 is 11.6 Å². The summed E-state index contributed by atoms with van der Waals surface area (Å²) in [6.07, 6.45) is 0. The van der Waals surface area contributed by atoms with Crippen molar-refractivity contribution in [2.45, 2.75) is 25.9 Å². The molecule has 2 atom stereocenters. The van der Waals surface area contributed by atoms with Gasteiger partial charge in [0.25, 0.3) is 0 Å². The normalized spacial score (nSPS) is 21.1. The number of hydrogen-bond donors (Lipinski definition) is 2. The fraction of sp³-hybridized carbons (Fsp3) is 0.533. The zero-order valence-corrected chi connectivity index (χ0v) is 12.5. The molecule has 1 fully saturated rings. The zero-order valence-electron chi connectivity index (χ0n) is 12.5. The average Bonchev–Trinajstić information content (AvgIpc) is 2.49. The summed E-state index contributed by atoms with van der Waals surface area (Å²) in [6.45, 7) is 5.15. The number of aryl methyl sites for hydroxylation is 1. The van der Waals surface area contributed by atoms with Crippen molar-refractivity contribution in [3.63, 3.8) is 0 Å². The lowest BCUT2D eigenvalue weighted by atomic mass is 10.0. The van der Waals surface area contributed by atoms with Crippen LogP contribution < -0.4 is 10.6 Å². The molecule has 0 bridgehead atoms. The number of amides is 1. The molecule has 0 radical (unpaired) electrons. The van der Waals surface area contributed by atoms with E-state index in [-0.39, 0.29) is 29.1 Å². The summed E-state index contributed by atoms with van der Waals surface area (Å²) in [5.74, 6) is -0.984. The second-order valence-corrected chi connectivity index (χ2v) is 5.37. The number of rotatable bonds is 3. The molecule has 1 saturated heterocycles. The van der Waals surface area contributed by atoms with E-state index in [1.165, 1.54) is 19.1 Å². The smallest absolute Gasteiger partial charge is 0.238 e. The van der Waals surface area contributed by atoms with Crippen molar-refractivity contribution in [2.75, 3.05) is 26.7 Å². The van der Waals surface area contributed by atoms with Crippen molar-refractivity contribution in [3.05, 3.63) is 34.9 Å². The van der Waals surface area contributed by atoms with E-state index in [1.807, 2.05) is 4.90 Å². The van der Waals surface area contributed by atoms with Crippen LogP contribution >= 0.6 is 0 Å². The molecule has 4 nitrogen and oxygen atoms in total. The van der Waals surface area contributed by atoms with E-state index in [9.17, 15) is 13.6 Å². The van der Waals surface area contributed by atoms with Gasteiger partial charge < -0.3 is 10.6 Å². The van der Waals surface area contributed by atoms with Crippen molar-refractivity contribution in [2.24, 2.45) is 0 Å². The molecule has 2 unspecified atom stereocenters. The molecule has 0 aromatic heterocycles. The van der Waals surface area contributed by atoms with Gasteiger partial charge in [0.05, 0.1) is 0 Å². The Labute approximate surface area is 123 Å². The summed E-state index contributed by atoms with van der Waals surface area (Å²) in [7, 11) is 1.58. The second-order valence-electron chi connectivity index (χ2n) is 5.37. The molecule has 116 valence electrons. The Morgan fingerprint density at radius 2 is 2.14 bits per heavy atom. The molecule has 6 heteroatoms. The van der Waals surface area contributed by atoms with Crippen LogP contribution in [0.25, 0.3) is 0 Å². The Kier molecular flexibility index (Phi) is 4.90. The molecule has 2 rings (SSSR count). The molecular formula is C15H21F2N3O. The summed E-state index contributed by atoms with van der Waals surface area (Å²) in [4.78, 5) is 13.9. The van der Waals surface area contributed by atoms with Crippen molar-refractivity contribution < 1.29 is 13.6 Å². The summed E-state index contributed by atoms with van der Waals surface area (Å²) in [5.41, 5.74) is 0.570. The van der Waals surface area contributed by atoms with Gasteiger partial charge in [-0.2, -0.15) is 0 Å². The zero-order chi connectivity index (χ0) is 15.6. The third kappa shape index (κ3) is 3.22. The number of carbonyl (C=O) groups is 1. The first kappa shape index (κ1) is 15.9. The lowest BCUT2D eigenvalue weighted by molar-refractivity contribution is -0.127. The molecule has 1 aliphatic rings. The number of piperazine rings is 1. The maximum atomic E-state index is 14.1. The van der Waals surface area contributed by atoms with Crippen molar-refractivity contribution >= 4 is 5.91 Å². The van der Waals surface area contributed by atoms with Gasteiger partial charge in [0, 0.05) is 38.3 Å². The van der Waals surface area contributed by atoms with Crippen LogP contribution in [0.15, 0.2) is 12.1 Å². The van der Waals surface area contributed by atoms with Crippen LogP contribution in [0.4, 0.5) is 8.78 Å². The highest BCUT2D eigenvalue weighted by Crippen LogP contribution is 2.27. The summed E-state index contributed by atoms with van der Waals surface area (Å²) < 4.78 is 27.9. The van der Waals surface area contributed by atoms with Crippen LogP contribution in [-0.4, -0.2) is 43.5 Å². The Hall–Kier alpha value is -1.53. The van der Waals surface area contributed by atoms with Gasteiger partial charge in [-0.3, -0.25) is 9.69 Å². The Morgan fingerprint density at radius 3 is 2.81 bits per heavy atom. The molecule has 0 spiro atoms. The highest BCUT2D eigenvalue weighted by molar-refractivity contribution is 5.81. The molecule has 1 aliphatic heterocycles. The van der Waals surface area contributed by atoms with E-state index in [1.54, 1.807) is 14.0 Å². The molecule has 1 aromatic carbocycles. The highest BCUT2D eigenvalue weighted by atomic mass is 19.1. The topological polar surface area (TPSA) is 44.4 Å². The number of hydrogen-bond acceptors (Lipinski definition) is 3. The second kappa shape index (κ2) is 6.49. The number of nitrogens with zero attached hydrogens (tertiary/aromatic N) is 1. The maximum Gasteiger partial charge on any atom is 0.238 e. The molecule has 21 heavy (non-hydrogen) atoms. The van der Waals surface area contributed by atoms with Gasteiger partial charge in [-0.15, -0.1) is 0 Å². The molecule has 0 aliphatic carbocycles. The monoisotopic (exact) mass is 297 g/mol. The first-order chi connectivity index (χ1) is 9.95. The minimum Gasteiger partial charge on any atom is -0.358 e. The predicted octanol–water partition coefficient (Wildman–Crippen LogP) is 1.35. The van der Waals surface area contributed by atoms with E-state index in [0.717, 1.165) is 0 Å². The maximum absolute atomic E-state index is 14.1. The van der Waals surface area contributed by atoms with Gasteiger partial charge in [0.1, 0.15) is 17.7 Å². The number of benzene rings is 1. The Bertz CT molecular complexity index is 536. The SMILES string of the molecule is CNC(=O)C1CNCCN1C(C)c1cc(F)c(C)cc1F. The molecule has 2 N–H and O–H groups in total. The van der Waals surface area contributed by atoms with Gasteiger partial charge in [-0.1, -0.05) is 0 Å². The van der Waals surface area contributed by atoms with E-state index >= 15 is 0 Å². The molecule has 0 saturated carbocycles. The third-order valence-electron chi connectivity index (χ3n) is 4.06. The fourth-order valence-corrected chi connectivity index (χ4v) is 2.75. The van der Waals surface area contributed by atoms with Gasteiger partial charge in [0.2, 0.25) is 5.91 Å². The molecule has 1 aromatic rings. The van der Waals surface area contributed by atoms with Crippen LogP contribution in [0.3, 0.4) is 0 Å². The molecule has 1 heterocycles. The van der Waals surface area contributed by atoms with Crippen molar-refractivity contribution in [1.29, 1.82) is 0 Å². The van der Waals surface area contributed by atoms with Crippen LogP contribution in [-0.2, 0) is 4.79 Å². The summed E-state index contributed by atoms with van der Waals surface area (Å²) >= 11 is 0. The van der Waals surface area contributed by atoms with Crippen molar-refractivity contribution in [1.82, 2.24) is 15.5 Å². The first-order valence-corrected chi connectivity index (χ1v) is 7.09. The predicted molar refractivity (Wildman–Crippen MR) is 76.9 cm³/mol. The standard InChI is InChI=1S/C15H21F2N3O/c1-9-6-13(17)11(7-12(9)16)10(2)20-5-4-19-8-14(20)15(21)18-3/h6-7,10,14,19H,4-5,8H2,1-3H3,(H,18,21). The quantitative estimate of drug-likeness (QED) is 0.885. The lowest BCUT2D eigenvalue weighted by Gasteiger charge is -2.39. The van der Waals surface area contributed by atoms with E-state index in [4.69, 9.17) is 0 Å². The highest BCUT2D eigenvalue weighted by Gasteiger charge is 2.33. The summed E-state index contributed by atoms with van der Waals surface area (Å²) in [6, 6.07) is 1.68. The minimum atomic E-state index is -0.435. The van der Waals surface area contributed by atoms with Crippen LogP contribution in [0.5, 0.6) is 0 Å². The van der Waals surface area contributed by atoms with Gasteiger partial charge >= 0.3 is 0 Å². The molecular weight excluding hydrogens is 276 g/mol. The number of likely N-dealkylation sites (N-methyl/N-ethyl adjacent to an activating group) is 1. The fourth-order valence-electron chi connectivity index (χ4n) is 2.75. The minimum absolute atomic E-state index is 0.123. The Morgan fingerprint density at radius 1 is 1.43 bits per heavy atom. The van der Waals surface area contributed by atoms with Gasteiger partial charge in [0.15, 0.2) is 0 Å². The molecule has 1 amide bonds. The van der Waals surface area contributed by atoms with Crippen LogP contribution in [0.2, 0.25) is 0 Å². The van der Waals surface area contributed by atoms with Gasteiger partial charge in [-0.05, 0) is 31.5 Å². The van der Waals surface area contributed by atoms with Gasteiger partial charge in [-0.25, -0.2) is 8.78 Å². The average molecular weight is 297 g/mol. The Balaban J connectivity index is 2.30. The summed E-state index contributed by atoms with van der Waals surface area (Å²) in [5, 5.41) is 5.77. The number of nitrogens with one attached hydrogen (secondary N) is 2. The van der Waals surface area contributed by atoms with Crippen LogP contribution in [0.1, 0.15) is 24.1 Å². The third-order valence-corrected chi connectivity index (χ3v) is 4.06. The number of carbonyl (C=O) groups excluding carboxylic acids is 1. The lowest BCUT2D eigenvalue weighted by Crippen LogP contribution is -2.57.